The summed E-state index contributed by atoms with van der Waals surface area (Å²) in [6.45, 7) is 16.1. The molecule has 1 aliphatic rings. The first kappa shape index (κ1) is 30.4. The molecule has 0 saturated carbocycles. The Kier molecular flexibility index (Phi) is 15.6. The van der Waals surface area contributed by atoms with Crippen LogP contribution in [0.5, 0.6) is 17.2 Å². The molecule has 33 heavy (non-hydrogen) atoms. The number of benzene rings is 2. The number of unbranched alkanes of at least 4 members (excludes halogenated alkanes) is 2. The molecule has 0 radical (unpaired) electrons. The Balaban J connectivity index is 0.000000786. The average molecular weight is 458 g/mol. The minimum absolute atomic E-state index is 0.0704. The van der Waals surface area contributed by atoms with E-state index in [0.717, 1.165) is 29.0 Å². The molecule has 2 N–H and O–H groups in total. The lowest BCUT2D eigenvalue weighted by Gasteiger charge is -2.21. The molecule has 0 saturated heterocycles. The van der Waals surface area contributed by atoms with Crippen molar-refractivity contribution in [2.24, 2.45) is 5.92 Å². The van der Waals surface area contributed by atoms with E-state index in [9.17, 15) is 10.2 Å². The van der Waals surface area contributed by atoms with E-state index >= 15 is 0 Å². The van der Waals surface area contributed by atoms with E-state index in [1.165, 1.54) is 31.7 Å². The Labute approximate surface area is 202 Å². The molecule has 0 aliphatic heterocycles. The minimum Gasteiger partial charge on any atom is -0.508 e. The molecule has 4 nitrogen and oxygen atoms in total. The van der Waals surface area contributed by atoms with Gasteiger partial charge in [0, 0.05) is 49.0 Å². The third-order valence-corrected chi connectivity index (χ3v) is 5.19. The summed E-state index contributed by atoms with van der Waals surface area (Å²) in [6.07, 6.45) is 7.62. The third kappa shape index (κ3) is 10.7. The van der Waals surface area contributed by atoms with Gasteiger partial charge in [-0.05, 0) is 31.5 Å². The van der Waals surface area contributed by atoms with Crippen molar-refractivity contribution < 1.29 is 14.9 Å². The van der Waals surface area contributed by atoms with Crippen molar-refractivity contribution in [1.29, 1.82) is 0 Å². The zero-order valence-corrected chi connectivity index (χ0v) is 22.2. The molecule has 1 aliphatic carbocycles. The molecule has 0 fully saturated rings. The maximum absolute atomic E-state index is 10.0. The number of hydrogen-bond donors (Lipinski definition) is 2. The number of phenolic OH excluding ortho intramolecular Hbond substituents is 2. The number of fused-ring (bicyclic) bond motifs is 1. The zero-order chi connectivity index (χ0) is 25.4. The quantitative estimate of drug-likeness (QED) is 0.443. The molecule has 2 atom stereocenters. The first-order valence-corrected chi connectivity index (χ1v) is 12.3. The van der Waals surface area contributed by atoms with Gasteiger partial charge in [-0.15, -0.1) is 6.58 Å². The van der Waals surface area contributed by atoms with Crippen LogP contribution in [-0.2, 0) is 6.42 Å². The molecule has 1 unspecified atom stereocenters. The molecule has 0 spiro atoms. The van der Waals surface area contributed by atoms with E-state index in [1.807, 2.05) is 50.2 Å². The van der Waals surface area contributed by atoms with Gasteiger partial charge in [0.15, 0.2) is 0 Å². The molecule has 0 aromatic heterocycles. The second-order valence-electron chi connectivity index (χ2n) is 8.55. The molecular formula is C29H47NO3. The number of phenols is 2. The molecule has 0 heterocycles. The van der Waals surface area contributed by atoms with Crippen molar-refractivity contribution in [1.82, 2.24) is 0 Å². The van der Waals surface area contributed by atoms with Crippen LogP contribution < -0.4 is 9.64 Å². The van der Waals surface area contributed by atoms with Crippen LogP contribution in [-0.4, -0.2) is 24.3 Å². The van der Waals surface area contributed by atoms with E-state index in [4.69, 9.17) is 4.74 Å². The average Bonchev–Trinajstić information content (AvgIpc) is 3.10. The standard InChI is InChI=1S/C18H21NO3.2C4H10.C3H6/c1-11-7-15-16(9-13(20)10-17(15)21)18(11)22-14-6-4-5-12(8-14)19(2)3;2*1-3-4-2;1-3-2/h4-6,8-11,18,20-21H,7H2,1-3H3;2*3-4H2,1-2H3;3H,1H2,2H3/t11?,18-;;;/m1.../s1. The van der Waals surface area contributed by atoms with E-state index in [-0.39, 0.29) is 23.5 Å². The number of ether oxygens (including phenoxy) is 1. The maximum Gasteiger partial charge on any atom is 0.127 e. The van der Waals surface area contributed by atoms with Gasteiger partial charge in [-0.25, -0.2) is 0 Å². The van der Waals surface area contributed by atoms with Crippen LogP contribution in [0, 0.1) is 5.92 Å². The monoisotopic (exact) mass is 457 g/mol. The lowest BCUT2D eigenvalue weighted by atomic mass is 10.1. The smallest absolute Gasteiger partial charge is 0.127 e. The predicted octanol–water partition coefficient (Wildman–Crippen LogP) is 8.28. The summed E-state index contributed by atoms with van der Waals surface area (Å²) in [7, 11) is 3.98. The van der Waals surface area contributed by atoms with E-state index in [1.54, 1.807) is 12.1 Å². The molecule has 2 aromatic rings. The van der Waals surface area contributed by atoms with Gasteiger partial charge in [0.1, 0.15) is 23.4 Å². The number of allylic oxidation sites excluding steroid dienone is 1. The highest BCUT2D eigenvalue weighted by atomic mass is 16.5. The lowest BCUT2D eigenvalue weighted by molar-refractivity contribution is 0.159. The fraction of sp³-hybridized carbons (Fsp3) is 0.517. The lowest BCUT2D eigenvalue weighted by Crippen LogP contribution is -2.12. The largest absolute Gasteiger partial charge is 0.508 e. The Morgan fingerprint density at radius 1 is 1.00 bits per heavy atom. The third-order valence-electron chi connectivity index (χ3n) is 5.19. The van der Waals surface area contributed by atoms with Crippen LogP contribution in [0.25, 0.3) is 0 Å². The summed E-state index contributed by atoms with van der Waals surface area (Å²) in [5.41, 5.74) is 2.82. The van der Waals surface area contributed by atoms with Crippen LogP contribution in [0.15, 0.2) is 49.1 Å². The van der Waals surface area contributed by atoms with Gasteiger partial charge in [-0.1, -0.05) is 72.4 Å². The highest BCUT2D eigenvalue weighted by molar-refractivity contribution is 5.51. The van der Waals surface area contributed by atoms with Gasteiger partial charge in [-0.3, -0.25) is 0 Å². The molecular weight excluding hydrogens is 410 g/mol. The first-order chi connectivity index (χ1) is 15.7. The Morgan fingerprint density at radius 3 is 2.03 bits per heavy atom. The second-order valence-corrected chi connectivity index (χ2v) is 8.55. The Hall–Kier alpha value is -2.62. The number of hydrogen-bond acceptors (Lipinski definition) is 4. The molecule has 3 rings (SSSR count). The van der Waals surface area contributed by atoms with E-state index in [2.05, 4.69) is 41.2 Å². The van der Waals surface area contributed by atoms with E-state index in [0.29, 0.717) is 0 Å². The van der Waals surface area contributed by atoms with Gasteiger partial charge in [0.25, 0.3) is 0 Å². The van der Waals surface area contributed by atoms with Crippen LogP contribution in [0.4, 0.5) is 5.69 Å². The summed E-state index contributed by atoms with van der Waals surface area (Å²) < 4.78 is 6.17. The van der Waals surface area contributed by atoms with Crippen LogP contribution in [0.1, 0.15) is 84.5 Å². The highest BCUT2D eigenvalue weighted by Gasteiger charge is 2.33. The van der Waals surface area contributed by atoms with Crippen molar-refractivity contribution in [3.05, 3.63) is 60.2 Å². The molecule has 4 heteroatoms. The Morgan fingerprint density at radius 2 is 1.55 bits per heavy atom. The summed E-state index contributed by atoms with van der Waals surface area (Å²) >= 11 is 0. The number of anilines is 1. The highest BCUT2D eigenvalue weighted by Crippen LogP contribution is 2.44. The fourth-order valence-corrected chi connectivity index (χ4v) is 3.04. The van der Waals surface area contributed by atoms with Crippen LogP contribution in [0.2, 0.25) is 0 Å². The normalized spacial score (nSPS) is 15.4. The second kappa shape index (κ2) is 16.9. The summed E-state index contributed by atoms with van der Waals surface area (Å²) in [6, 6.07) is 11.0. The van der Waals surface area contributed by atoms with Gasteiger partial charge in [0.05, 0.1) is 0 Å². The van der Waals surface area contributed by atoms with Gasteiger partial charge in [-0.2, -0.15) is 0 Å². The topological polar surface area (TPSA) is 52.9 Å². The molecule has 0 amide bonds. The number of aromatic hydroxyl groups is 2. The predicted molar refractivity (Wildman–Crippen MR) is 144 cm³/mol. The Bertz CT molecular complexity index is 793. The van der Waals surface area contributed by atoms with Gasteiger partial charge in [0.2, 0.25) is 0 Å². The van der Waals surface area contributed by atoms with Crippen molar-refractivity contribution in [3.8, 4) is 17.2 Å². The summed E-state index contributed by atoms with van der Waals surface area (Å²) in [4.78, 5) is 2.02. The van der Waals surface area contributed by atoms with Crippen LogP contribution in [0.3, 0.4) is 0 Å². The fourth-order valence-electron chi connectivity index (χ4n) is 3.04. The number of nitrogens with zero attached hydrogens (tertiary/aromatic N) is 1. The minimum atomic E-state index is -0.162. The maximum atomic E-state index is 10.0. The van der Waals surface area contributed by atoms with Gasteiger partial charge >= 0.3 is 0 Å². The van der Waals surface area contributed by atoms with Crippen molar-refractivity contribution >= 4 is 5.69 Å². The summed E-state index contributed by atoms with van der Waals surface area (Å²) in [5.74, 6) is 1.25. The number of rotatable bonds is 5. The molecule has 0 bridgehead atoms. The SMILES string of the molecule is C=CC.CC1Cc2c(O)cc(O)cc2[C@@H]1Oc1cccc(N(C)C)c1.CCCC.CCCC. The zero-order valence-electron chi connectivity index (χ0n) is 22.2. The first-order valence-electron chi connectivity index (χ1n) is 12.3. The van der Waals surface area contributed by atoms with Crippen molar-refractivity contribution in [2.75, 3.05) is 19.0 Å². The van der Waals surface area contributed by atoms with E-state index < -0.39 is 0 Å². The van der Waals surface area contributed by atoms with Crippen molar-refractivity contribution in [2.45, 2.75) is 79.8 Å². The molecule has 2 aromatic carbocycles. The molecule has 186 valence electrons. The summed E-state index contributed by atoms with van der Waals surface area (Å²) in [5, 5.41) is 19.8. The van der Waals surface area contributed by atoms with Crippen molar-refractivity contribution in [3.63, 3.8) is 0 Å². The van der Waals surface area contributed by atoms with Crippen LogP contribution >= 0.6 is 0 Å². The van der Waals surface area contributed by atoms with Gasteiger partial charge < -0.3 is 19.8 Å².